The van der Waals surface area contributed by atoms with E-state index in [9.17, 15) is 19.2 Å². The smallest absolute Gasteiger partial charge is 0.257 e. The van der Waals surface area contributed by atoms with E-state index in [0.29, 0.717) is 128 Å². The number of piperidine rings is 1. The number of nitrogens with zero attached hydrogens (tertiary/aromatic N) is 7. The molecule has 12 N–H and O–H groups in total. The topological polar surface area (TPSA) is 330 Å². The number of hydrogen-bond acceptors (Lipinski definition) is 17. The number of ether oxygens (including phenoxy) is 1. The Hall–Kier alpha value is -13.4. The number of carbonyl (C=O) groups excluding carboxylic acids is 4. The monoisotopic (exact) mass is 1690 g/mol. The molecule has 0 spiro atoms. The third-order valence-electron chi connectivity index (χ3n) is 19.8. The summed E-state index contributed by atoms with van der Waals surface area (Å²) in [6.45, 7) is 10.4. The number of nitrogens with one attached hydrogen (secondary N) is 12. The quantitative estimate of drug-likeness (QED) is 0.0198. The second-order valence-electron chi connectivity index (χ2n) is 28.3. The number of pyridine rings is 4. The predicted octanol–water partition coefficient (Wildman–Crippen LogP) is 19.3. The first kappa shape index (κ1) is 87.0. The average Bonchev–Trinajstić information content (AvgIpc) is 0.847. The van der Waals surface area contributed by atoms with Gasteiger partial charge in [-0.25, -0.2) is 19.9 Å². The first-order valence-corrected chi connectivity index (χ1v) is 40.9. The summed E-state index contributed by atoms with van der Waals surface area (Å²) < 4.78 is 5.36. The van der Waals surface area contributed by atoms with E-state index < -0.39 is 0 Å². The van der Waals surface area contributed by atoms with Crippen molar-refractivity contribution in [3.8, 4) is 0 Å². The molecule has 12 aromatic rings. The van der Waals surface area contributed by atoms with E-state index in [1.807, 2.05) is 175 Å². The lowest BCUT2D eigenvalue weighted by molar-refractivity contribution is 0.0680. The van der Waals surface area contributed by atoms with E-state index in [1.165, 1.54) is 31.2 Å². The van der Waals surface area contributed by atoms with Crippen LogP contribution in [0.4, 0.5) is 46.0 Å². The van der Waals surface area contributed by atoms with E-state index in [0.717, 1.165) is 126 Å². The maximum Gasteiger partial charge on any atom is 0.257 e. The fourth-order valence-electron chi connectivity index (χ4n) is 13.0. The molecule has 0 bridgehead atoms. The molecule has 616 valence electrons. The third kappa shape index (κ3) is 25.8. The molecule has 3 aliphatic rings. The fourth-order valence-corrected chi connectivity index (χ4v) is 13.4. The Bertz CT molecular complexity index is 5350. The molecule has 3 saturated heterocycles. The number of aromatic nitrogens is 4. The largest absolute Gasteiger partial charge is 0.381 e. The highest BCUT2D eigenvalue weighted by Gasteiger charge is 2.22. The molecule has 0 unspecified atom stereocenters. The molecule has 24 nitrogen and oxygen atoms in total. The predicted molar refractivity (Wildman–Crippen MR) is 487 cm³/mol. The van der Waals surface area contributed by atoms with Crippen LogP contribution in [-0.4, -0.2) is 134 Å². The van der Waals surface area contributed by atoms with Crippen molar-refractivity contribution in [1.82, 2.24) is 34.6 Å². The lowest BCUT2D eigenvalue weighted by Crippen LogP contribution is -2.42. The minimum atomic E-state index is -0.230. The summed E-state index contributed by atoms with van der Waals surface area (Å²) in [6.07, 6.45) is 10.7. The Balaban J connectivity index is 0.000000148. The van der Waals surface area contributed by atoms with Crippen LogP contribution in [0.3, 0.4) is 0 Å². The van der Waals surface area contributed by atoms with Crippen LogP contribution in [0.5, 0.6) is 0 Å². The van der Waals surface area contributed by atoms with Crippen molar-refractivity contribution in [2.24, 2.45) is 0 Å². The molecule has 4 aromatic heterocycles. The first-order valence-electron chi connectivity index (χ1n) is 39.4. The Morgan fingerprint density at radius 2 is 0.562 bits per heavy atom. The van der Waals surface area contributed by atoms with Gasteiger partial charge in [-0.15, -0.1) is 0 Å². The summed E-state index contributed by atoms with van der Waals surface area (Å²) in [5, 5.41) is 59.4. The fraction of sp³-hybridized carbons (Fsp3) is 0.183. The van der Waals surface area contributed by atoms with E-state index in [4.69, 9.17) is 72.8 Å². The van der Waals surface area contributed by atoms with Gasteiger partial charge in [0.25, 0.3) is 23.6 Å². The summed E-state index contributed by atoms with van der Waals surface area (Å²) in [6, 6.07) is 74.3. The zero-order valence-corrected chi connectivity index (χ0v) is 69.4. The molecular weight excluding hydrogens is 1600 g/mol. The number of amides is 4. The summed E-state index contributed by atoms with van der Waals surface area (Å²) in [7, 11) is 0. The molecule has 121 heavy (non-hydrogen) atoms. The van der Waals surface area contributed by atoms with Gasteiger partial charge in [0.15, 0.2) is 0 Å². The van der Waals surface area contributed by atoms with Crippen LogP contribution in [-0.2, 0) is 30.9 Å². The number of benzene rings is 8. The molecule has 28 heteroatoms. The number of amidine groups is 3. The Morgan fingerprint density at radius 3 is 0.802 bits per heavy atom. The van der Waals surface area contributed by atoms with Gasteiger partial charge < -0.3 is 67.4 Å². The van der Waals surface area contributed by atoms with Crippen LogP contribution in [0.25, 0.3) is 0 Å². The maximum atomic E-state index is 12.8. The summed E-state index contributed by atoms with van der Waals surface area (Å²) >= 11 is 23.4. The molecule has 15 rings (SSSR count). The van der Waals surface area contributed by atoms with Gasteiger partial charge in [0, 0.05) is 158 Å². The van der Waals surface area contributed by atoms with Gasteiger partial charge >= 0.3 is 0 Å². The van der Waals surface area contributed by atoms with Crippen molar-refractivity contribution >= 4 is 139 Å². The Kier molecular flexibility index (Phi) is 31.6. The van der Waals surface area contributed by atoms with Crippen LogP contribution in [0, 0.1) is 21.6 Å². The van der Waals surface area contributed by atoms with E-state index in [2.05, 4.69) is 72.3 Å². The molecule has 0 saturated carbocycles. The Labute approximate surface area is 722 Å². The minimum absolute atomic E-state index is 0.220. The number of rotatable bonds is 24. The van der Waals surface area contributed by atoms with E-state index in [1.54, 1.807) is 79.7 Å². The van der Waals surface area contributed by atoms with Crippen LogP contribution in [0.15, 0.2) is 267 Å². The molecular formula is C93H91Cl4N19O5. The summed E-state index contributed by atoms with van der Waals surface area (Å²) in [5.74, 6) is 2.58. The van der Waals surface area contributed by atoms with Gasteiger partial charge in [0.05, 0.1) is 33.3 Å². The summed E-state index contributed by atoms with van der Waals surface area (Å²) in [5.41, 5.74) is 13.6. The number of morpholine rings is 1. The zero-order valence-electron chi connectivity index (χ0n) is 66.4. The average molecular weight is 1700 g/mol. The maximum absolute atomic E-state index is 12.8. The van der Waals surface area contributed by atoms with Crippen LogP contribution in [0.2, 0.25) is 20.1 Å². The van der Waals surface area contributed by atoms with Crippen molar-refractivity contribution < 1.29 is 23.9 Å². The van der Waals surface area contributed by atoms with Crippen LogP contribution in [0.1, 0.15) is 119 Å². The molecule has 7 heterocycles. The molecule has 0 radical (unpaired) electrons. The molecule has 0 atom stereocenters. The highest BCUT2D eigenvalue weighted by molar-refractivity contribution is 6.31. The molecule has 0 aliphatic carbocycles. The van der Waals surface area contributed by atoms with Crippen molar-refractivity contribution in [1.29, 1.82) is 21.6 Å². The van der Waals surface area contributed by atoms with Gasteiger partial charge in [-0.1, -0.05) is 131 Å². The number of carbonyl (C=O) groups is 4. The summed E-state index contributed by atoms with van der Waals surface area (Å²) in [4.78, 5) is 73.5. The molecule has 4 amide bonds. The highest BCUT2D eigenvalue weighted by atomic mass is 35.5. The van der Waals surface area contributed by atoms with Crippen molar-refractivity contribution in [2.75, 3.05) is 95.0 Å². The van der Waals surface area contributed by atoms with Crippen molar-refractivity contribution in [3.63, 3.8) is 0 Å². The number of anilines is 8. The van der Waals surface area contributed by atoms with Gasteiger partial charge in [-0.2, -0.15) is 0 Å². The van der Waals surface area contributed by atoms with Gasteiger partial charge in [0.1, 0.15) is 40.8 Å². The van der Waals surface area contributed by atoms with Crippen LogP contribution < -0.4 is 42.5 Å². The minimum Gasteiger partial charge on any atom is -0.381 e. The van der Waals surface area contributed by atoms with Gasteiger partial charge in [0.2, 0.25) is 0 Å². The van der Waals surface area contributed by atoms with Crippen molar-refractivity contribution in [2.45, 2.75) is 58.8 Å². The highest BCUT2D eigenvalue weighted by Crippen LogP contribution is 2.25. The molecule has 3 fully saturated rings. The lowest BCUT2D eigenvalue weighted by atomic mass is 10.1. The SMILES string of the molecule is CC(=N)c1ccc(NCc2ccccc2C(=O)Nc2ccc(Cl)cn2)cc1.N=C(c1ccc(NCc2ccccc2C(=O)Nc2ccc(Cl)cn2)cc1)N1CCC1.N=C(c1ccc(NCc2ccccc2C(=O)Nc2ccc(Cl)cn2)cc1)N1CCCCC1.N=C(c1ccc(NCc2ccccc2C(=O)Nc2ccc(Cl)cn2)cc1)N1CCOCC1. The second-order valence-corrected chi connectivity index (χ2v) is 30.0. The van der Waals surface area contributed by atoms with Gasteiger partial charge in [-0.05, 0) is 218 Å². The first-order chi connectivity index (χ1) is 58.8. The normalized spacial score (nSPS) is 12.6. The van der Waals surface area contributed by atoms with Crippen LogP contribution >= 0.6 is 46.4 Å². The molecule has 8 aromatic carbocycles. The van der Waals surface area contributed by atoms with Crippen molar-refractivity contribution in [3.05, 3.63) is 354 Å². The Morgan fingerprint density at radius 1 is 0.314 bits per heavy atom. The lowest BCUT2D eigenvalue weighted by Gasteiger charge is -2.33. The second kappa shape index (κ2) is 43.9. The number of hydrogen-bond donors (Lipinski definition) is 12. The third-order valence-corrected chi connectivity index (χ3v) is 20.7. The molecule has 3 aliphatic heterocycles. The van der Waals surface area contributed by atoms with E-state index >= 15 is 0 Å². The number of likely N-dealkylation sites (tertiary alicyclic amines) is 2. The zero-order chi connectivity index (χ0) is 84.8. The van der Waals surface area contributed by atoms with Gasteiger partial charge in [-0.3, -0.25) is 35.4 Å². The van der Waals surface area contributed by atoms with E-state index in [-0.39, 0.29) is 23.6 Å². The standard InChI is InChI=1S/C25H26ClN5O.C24H24ClN5O2.C23H22ClN5O.C21H19ClN4O/c26-20-10-13-23(29-17-20)30-25(32)22-7-3-2-6-19(22)16-28-21-11-8-18(9-12-21)24(27)31-14-4-1-5-15-31;25-19-7-10-22(28-16-19)29-24(31)21-4-2-1-3-18(21)15-27-20-8-5-17(6-9-20)23(26)30-11-13-32-14-12-30;24-18-8-11-21(27-15-18)28-23(30)20-5-2-1-4-17(20)14-26-19-9-6-16(7-10-19)22(25)29-12-3-13-29;1-14(23)15-6-9-18(10-7-15)24-12-16-4-2-3-5-19(16)21(27)26-20-11-8-17(22)13-25-20/h2-3,6-13,17,27-28H,1,4-5,14-16H2,(H,29,30,32);1-10,16,26-27H,11-15H2,(H,28,29,31);1-2,4-11,15,25-26H,3,12-14H2,(H,27,28,30);2-11,13,23-24H,12H2,1H3,(H,25,26,27). The number of halogens is 4.